The first kappa shape index (κ1) is 20.7. The molecule has 2 rings (SSSR count). The van der Waals surface area contributed by atoms with Gasteiger partial charge in [0.1, 0.15) is 0 Å². The number of thioether (sulfide) groups is 1. The summed E-state index contributed by atoms with van der Waals surface area (Å²) in [4.78, 5) is 35.0. The molecule has 2 aromatic carbocycles. The molecule has 1 N–H and O–H groups in total. The summed E-state index contributed by atoms with van der Waals surface area (Å²) in [6.45, 7) is 3.63. The Morgan fingerprint density at radius 1 is 1.00 bits per heavy atom. The maximum Gasteiger partial charge on any atom is 0.338 e. The molecule has 0 spiro atoms. The van der Waals surface area contributed by atoms with Crippen molar-refractivity contribution in [1.29, 1.82) is 0 Å². The Bertz CT molecular complexity index is 802. The van der Waals surface area contributed by atoms with Crippen LogP contribution in [0.25, 0.3) is 0 Å². The minimum atomic E-state index is -0.379. The van der Waals surface area contributed by atoms with E-state index in [4.69, 9.17) is 4.74 Å². The smallest absolute Gasteiger partial charge is 0.338 e. The summed E-state index contributed by atoms with van der Waals surface area (Å²) >= 11 is 1.27. The summed E-state index contributed by atoms with van der Waals surface area (Å²) in [7, 11) is 0. The van der Waals surface area contributed by atoms with E-state index in [1.807, 2.05) is 24.3 Å². The standard InChI is InChI=1S/C21H23NO4S/c1-3-26-21(25)17-8-11-19(12-9-17)22-20(24)13-10-16-6-4-5-7-18(16)14-27-15(2)23/h4-9,11-12H,3,10,13-14H2,1-2H3,(H,22,24). The van der Waals surface area contributed by atoms with Crippen molar-refractivity contribution in [2.45, 2.75) is 32.4 Å². The molecule has 0 heterocycles. The van der Waals surface area contributed by atoms with Gasteiger partial charge in [0, 0.05) is 24.8 Å². The number of hydrogen-bond donors (Lipinski definition) is 1. The van der Waals surface area contributed by atoms with E-state index in [0.29, 0.717) is 36.5 Å². The van der Waals surface area contributed by atoms with E-state index in [-0.39, 0.29) is 17.0 Å². The molecule has 0 aliphatic rings. The molecular formula is C21H23NO4S. The van der Waals surface area contributed by atoms with E-state index < -0.39 is 0 Å². The molecule has 0 aliphatic heterocycles. The van der Waals surface area contributed by atoms with Gasteiger partial charge in [0.05, 0.1) is 12.2 Å². The van der Waals surface area contributed by atoms with Crippen LogP contribution in [-0.4, -0.2) is 23.6 Å². The van der Waals surface area contributed by atoms with Gasteiger partial charge >= 0.3 is 5.97 Å². The van der Waals surface area contributed by atoms with Gasteiger partial charge in [0.15, 0.2) is 5.12 Å². The Morgan fingerprint density at radius 2 is 1.67 bits per heavy atom. The Morgan fingerprint density at radius 3 is 2.30 bits per heavy atom. The van der Waals surface area contributed by atoms with Gasteiger partial charge in [0.2, 0.25) is 5.91 Å². The van der Waals surface area contributed by atoms with E-state index in [2.05, 4.69) is 5.32 Å². The van der Waals surface area contributed by atoms with Crippen LogP contribution in [0, 0.1) is 0 Å². The molecular weight excluding hydrogens is 362 g/mol. The summed E-state index contributed by atoms with van der Waals surface area (Å²) in [6.07, 6.45) is 0.933. The van der Waals surface area contributed by atoms with Crippen LogP contribution in [0.2, 0.25) is 0 Å². The van der Waals surface area contributed by atoms with Gasteiger partial charge in [-0.15, -0.1) is 0 Å². The van der Waals surface area contributed by atoms with Crippen LogP contribution in [0.3, 0.4) is 0 Å². The number of anilines is 1. The van der Waals surface area contributed by atoms with Crippen molar-refractivity contribution < 1.29 is 19.1 Å². The van der Waals surface area contributed by atoms with Crippen molar-refractivity contribution in [1.82, 2.24) is 0 Å². The molecule has 0 aliphatic carbocycles. The second-order valence-corrected chi connectivity index (χ2v) is 7.05. The van der Waals surface area contributed by atoms with Crippen molar-refractivity contribution in [3.8, 4) is 0 Å². The minimum absolute atomic E-state index is 0.0776. The average molecular weight is 385 g/mol. The van der Waals surface area contributed by atoms with Crippen LogP contribution in [0.5, 0.6) is 0 Å². The van der Waals surface area contributed by atoms with Crippen molar-refractivity contribution >= 4 is 34.4 Å². The highest BCUT2D eigenvalue weighted by molar-refractivity contribution is 8.12. The summed E-state index contributed by atoms with van der Waals surface area (Å²) in [5.41, 5.74) is 3.23. The molecule has 0 saturated carbocycles. The van der Waals surface area contributed by atoms with Gasteiger partial charge in [-0.2, -0.15) is 0 Å². The number of benzene rings is 2. The minimum Gasteiger partial charge on any atom is -0.462 e. The van der Waals surface area contributed by atoms with E-state index >= 15 is 0 Å². The molecule has 0 unspecified atom stereocenters. The first-order valence-electron chi connectivity index (χ1n) is 8.76. The maximum atomic E-state index is 12.2. The monoisotopic (exact) mass is 385 g/mol. The molecule has 0 aromatic heterocycles. The number of carbonyl (C=O) groups excluding carboxylic acids is 3. The summed E-state index contributed by atoms with van der Waals surface area (Å²) in [5, 5.41) is 2.91. The predicted molar refractivity (Wildman–Crippen MR) is 108 cm³/mol. The van der Waals surface area contributed by atoms with Crippen molar-refractivity contribution in [2.24, 2.45) is 0 Å². The zero-order valence-electron chi connectivity index (χ0n) is 15.5. The van der Waals surface area contributed by atoms with Crippen LogP contribution < -0.4 is 5.32 Å². The number of nitrogens with one attached hydrogen (secondary N) is 1. The first-order valence-corrected chi connectivity index (χ1v) is 9.75. The van der Waals surface area contributed by atoms with Gasteiger partial charge in [0.25, 0.3) is 0 Å². The molecule has 0 saturated heterocycles. The maximum absolute atomic E-state index is 12.2. The van der Waals surface area contributed by atoms with Crippen LogP contribution in [0.1, 0.15) is 41.8 Å². The van der Waals surface area contributed by atoms with E-state index in [9.17, 15) is 14.4 Å². The zero-order chi connectivity index (χ0) is 19.6. The van der Waals surface area contributed by atoms with Gasteiger partial charge in [-0.05, 0) is 48.7 Å². The second kappa shape index (κ2) is 10.5. The quantitative estimate of drug-likeness (QED) is 0.689. The van der Waals surface area contributed by atoms with E-state index in [1.165, 1.54) is 11.8 Å². The van der Waals surface area contributed by atoms with Crippen LogP contribution in [-0.2, 0) is 26.5 Å². The fourth-order valence-corrected chi connectivity index (χ4v) is 3.14. The molecule has 2 aromatic rings. The van der Waals surface area contributed by atoms with Gasteiger partial charge < -0.3 is 10.1 Å². The lowest BCUT2D eigenvalue weighted by atomic mass is 10.0. The molecule has 0 bridgehead atoms. The Hall–Kier alpha value is -2.60. The highest BCUT2D eigenvalue weighted by atomic mass is 32.2. The largest absolute Gasteiger partial charge is 0.462 e. The average Bonchev–Trinajstić information content (AvgIpc) is 2.66. The van der Waals surface area contributed by atoms with Crippen molar-refractivity contribution in [3.63, 3.8) is 0 Å². The second-order valence-electron chi connectivity index (χ2n) is 5.89. The fraction of sp³-hybridized carbons (Fsp3) is 0.286. The van der Waals surface area contributed by atoms with E-state index in [0.717, 1.165) is 11.1 Å². The van der Waals surface area contributed by atoms with Crippen molar-refractivity contribution in [3.05, 3.63) is 65.2 Å². The van der Waals surface area contributed by atoms with Crippen LogP contribution in [0.15, 0.2) is 48.5 Å². The molecule has 6 heteroatoms. The fourth-order valence-electron chi connectivity index (χ4n) is 2.50. The lowest BCUT2D eigenvalue weighted by molar-refractivity contribution is -0.116. The third-order valence-corrected chi connectivity index (χ3v) is 4.71. The highest BCUT2D eigenvalue weighted by Gasteiger charge is 2.09. The normalized spacial score (nSPS) is 10.3. The van der Waals surface area contributed by atoms with Crippen LogP contribution >= 0.6 is 11.8 Å². The molecule has 27 heavy (non-hydrogen) atoms. The summed E-state index contributed by atoms with van der Waals surface area (Å²) in [6, 6.07) is 14.5. The van der Waals surface area contributed by atoms with Gasteiger partial charge in [-0.25, -0.2) is 4.79 Å². The number of carbonyl (C=O) groups is 3. The predicted octanol–water partition coefficient (Wildman–Crippen LogP) is 4.21. The molecule has 5 nitrogen and oxygen atoms in total. The highest BCUT2D eigenvalue weighted by Crippen LogP contribution is 2.19. The summed E-state index contributed by atoms with van der Waals surface area (Å²) < 4.78 is 4.93. The molecule has 0 fully saturated rings. The molecule has 142 valence electrons. The Balaban J connectivity index is 1.89. The number of hydrogen-bond acceptors (Lipinski definition) is 5. The zero-order valence-corrected chi connectivity index (χ0v) is 16.3. The van der Waals surface area contributed by atoms with E-state index in [1.54, 1.807) is 38.1 Å². The number of aryl methyl sites for hydroxylation is 1. The summed E-state index contributed by atoms with van der Waals surface area (Å²) in [5.74, 6) is 0.131. The van der Waals surface area contributed by atoms with Gasteiger partial charge in [-0.3, -0.25) is 9.59 Å². The molecule has 1 amide bonds. The van der Waals surface area contributed by atoms with Gasteiger partial charge in [-0.1, -0.05) is 36.0 Å². The lowest BCUT2D eigenvalue weighted by Gasteiger charge is -2.09. The SMILES string of the molecule is CCOC(=O)c1ccc(NC(=O)CCc2ccccc2CSC(C)=O)cc1. The Labute approximate surface area is 163 Å². The van der Waals surface area contributed by atoms with Crippen LogP contribution in [0.4, 0.5) is 5.69 Å². The number of esters is 1. The Kier molecular flexibility index (Phi) is 8.07. The topological polar surface area (TPSA) is 72.5 Å². The molecule has 0 atom stereocenters. The number of ether oxygens (including phenoxy) is 1. The number of rotatable bonds is 8. The molecule has 0 radical (unpaired) electrons. The van der Waals surface area contributed by atoms with Crippen molar-refractivity contribution in [2.75, 3.05) is 11.9 Å². The third kappa shape index (κ3) is 6.90. The number of amides is 1. The lowest BCUT2D eigenvalue weighted by Crippen LogP contribution is -2.13. The third-order valence-electron chi connectivity index (χ3n) is 3.85. The first-order chi connectivity index (χ1) is 13.0.